The maximum Gasteiger partial charge on any atom is 0.0686 e. The Balaban J connectivity index is 1.86. The third kappa shape index (κ3) is 1.74. The lowest BCUT2D eigenvalue weighted by molar-refractivity contribution is 0.335. The first kappa shape index (κ1) is 9.09. The molecule has 0 heterocycles. The van der Waals surface area contributed by atoms with Gasteiger partial charge in [0.15, 0.2) is 0 Å². The summed E-state index contributed by atoms with van der Waals surface area (Å²) in [4.78, 5) is 0. The molecule has 13 heavy (non-hydrogen) atoms. The van der Waals surface area contributed by atoms with Crippen molar-refractivity contribution in [2.75, 3.05) is 0 Å². The molecule has 2 bridgehead atoms. The second-order valence-corrected chi connectivity index (χ2v) is 4.58. The maximum absolute atomic E-state index is 5.45. The summed E-state index contributed by atoms with van der Waals surface area (Å²) in [5.41, 5.74) is 0. The van der Waals surface area contributed by atoms with Crippen molar-refractivity contribution in [3.05, 3.63) is 0 Å². The molecule has 2 fully saturated rings. The molecule has 2 saturated carbocycles. The summed E-state index contributed by atoms with van der Waals surface area (Å²) in [5, 5.41) is 3.61. The van der Waals surface area contributed by atoms with Gasteiger partial charge in [0.2, 0.25) is 0 Å². The molecule has 0 spiro atoms. The van der Waals surface area contributed by atoms with Gasteiger partial charge in [-0.15, -0.1) is 6.42 Å². The van der Waals surface area contributed by atoms with Crippen LogP contribution in [0, 0.1) is 24.2 Å². The molecule has 1 nitrogen and oxygen atoms in total. The van der Waals surface area contributed by atoms with Crippen molar-refractivity contribution >= 4 is 0 Å². The van der Waals surface area contributed by atoms with Crippen LogP contribution in [0.4, 0.5) is 0 Å². The van der Waals surface area contributed by atoms with Crippen LogP contribution in [0.15, 0.2) is 0 Å². The van der Waals surface area contributed by atoms with E-state index in [1.807, 2.05) is 0 Å². The van der Waals surface area contributed by atoms with Crippen LogP contribution in [0.5, 0.6) is 0 Å². The van der Waals surface area contributed by atoms with Gasteiger partial charge >= 0.3 is 0 Å². The molecule has 1 N–H and O–H groups in total. The van der Waals surface area contributed by atoms with Gasteiger partial charge in [0.25, 0.3) is 0 Å². The molecular formula is C12H19N. The summed E-state index contributed by atoms with van der Waals surface area (Å²) in [6.07, 6.45) is 12.2. The van der Waals surface area contributed by atoms with Gasteiger partial charge in [-0.25, -0.2) is 0 Å². The van der Waals surface area contributed by atoms with Crippen LogP contribution in [0.25, 0.3) is 0 Å². The van der Waals surface area contributed by atoms with Crippen LogP contribution < -0.4 is 5.32 Å². The van der Waals surface area contributed by atoms with E-state index in [4.69, 9.17) is 6.42 Å². The quantitative estimate of drug-likeness (QED) is 0.651. The second-order valence-electron chi connectivity index (χ2n) is 4.58. The van der Waals surface area contributed by atoms with Gasteiger partial charge in [-0.3, -0.25) is 0 Å². The van der Waals surface area contributed by atoms with E-state index in [-0.39, 0.29) is 0 Å². The third-order valence-corrected chi connectivity index (χ3v) is 3.76. The molecule has 1 heteroatoms. The number of rotatable bonds is 3. The average Bonchev–Trinajstić information content (AvgIpc) is 2.75. The van der Waals surface area contributed by atoms with E-state index in [0.717, 1.165) is 24.3 Å². The minimum atomic E-state index is 0.310. The Bertz CT molecular complexity index is 216. The molecule has 0 amide bonds. The zero-order chi connectivity index (χ0) is 9.26. The van der Waals surface area contributed by atoms with Crippen LogP contribution in [0.2, 0.25) is 0 Å². The van der Waals surface area contributed by atoms with Gasteiger partial charge in [-0.1, -0.05) is 19.3 Å². The molecular weight excluding hydrogens is 158 g/mol. The Morgan fingerprint density at radius 1 is 1.46 bits per heavy atom. The monoisotopic (exact) mass is 177 g/mol. The average molecular weight is 177 g/mol. The number of fused-ring (bicyclic) bond motifs is 2. The molecule has 4 atom stereocenters. The summed E-state index contributed by atoms with van der Waals surface area (Å²) in [5.74, 6) is 4.78. The van der Waals surface area contributed by atoms with Gasteiger partial charge < -0.3 is 5.32 Å². The van der Waals surface area contributed by atoms with E-state index in [2.05, 4.69) is 18.2 Å². The summed E-state index contributed by atoms with van der Waals surface area (Å²) in [6.45, 7) is 2.16. The Hall–Kier alpha value is -0.480. The van der Waals surface area contributed by atoms with E-state index < -0.39 is 0 Å². The lowest BCUT2D eigenvalue weighted by atomic mass is 9.94. The number of nitrogens with one attached hydrogen (secondary N) is 1. The van der Waals surface area contributed by atoms with Gasteiger partial charge in [-0.05, 0) is 37.5 Å². The molecule has 0 saturated heterocycles. The fourth-order valence-electron chi connectivity index (χ4n) is 2.99. The van der Waals surface area contributed by atoms with E-state index >= 15 is 0 Å². The minimum Gasteiger partial charge on any atom is -0.301 e. The number of hydrogen-bond acceptors (Lipinski definition) is 1. The normalized spacial score (nSPS) is 38.9. The molecule has 0 radical (unpaired) electrons. The summed E-state index contributed by atoms with van der Waals surface area (Å²) in [7, 11) is 0. The first-order valence-corrected chi connectivity index (χ1v) is 5.55. The number of hydrogen-bond donors (Lipinski definition) is 1. The number of terminal acetylenes is 1. The van der Waals surface area contributed by atoms with Crippen molar-refractivity contribution in [3.63, 3.8) is 0 Å². The fourth-order valence-corrected chi connectivity index (χ4v) is 2.99. The van der Waals surface area contributed by atoms with Gasteiger partial charge in [-0.2, -0.15) is 0 Å². The van der Waals surface area contributed by atoms with E-state index in [9.17, 15) is 0 Å². The highest BCUT2D eigenvalue weighted by molar-refractivity contribution is 5.03. The van der Waals surface area contributed by atoms with Crippen molar-refractivity contribution in [2.45, 2.75) is 51.1 Å². The zero-order valence-electron chi connectivity index (χ0n) is 8.42. The van der Waals surface area contributed by atoms with Crippen LogP contribution in [0.1, 0.15) is 39.0 Å². The van der Waals surface area contributed by atoms with Crippen molar-refractivity contribution in [2.24, 2.45) is 11.8 Å². The molecule has 72 valence electrons. The lowest BCUT2D eigenvalue weighted by Crippen LogP contribution is -2.40. The van der Waals surface area contributed by atoms with Crippen LogP contribution >= 0.6 is 0 Å². The molecule has 0 aromatic carbocycles. The standard InChI is InChI=1S/C12H19N/c1-3-11(4-2)13-12-8-9-5-6-10(12)7-9/h1,9-13H,4-8H2,2H3. The SMILES string of the molecule is C#CC(CC)NC1CC2CCC1C2. The van der Waals surface area contributed by atoms with Crippen LogP contribution in [-0.2, 0) is 0 Å². The molecule has 2 aliphatic rings. The van der Waals surface area contributed by atoms with Crippen molar-refractivity contribution in [1.29, 1.82) is 0 Å². The van der Waals surface area contributed by atoms with Crippen molar-refractivity contribution in [1.82, 2.24) is 5.32 Å². The van der Waals surface area contributed by atoms with Gasteiger partial charge in [0, 0.05) is 6.04 Å². The van der Waals surface area contributed by atoms with Gasteiger partial charge in [0.05, 0.1) is 6.04 Å². The summed E-state index contributed by atoms with van der Waals surface area (Å²) in [6, 6.07) is 1.05. The molecule has 0 aromatic rings. The molecule has 0 aromatic heterocycles. The Morgan fingerprint density at radius 2 is 2.31 bits per heavy atom. The Kier molecular flexibility index (Phi) is 2.60. The predicted octanol–water partition coefficient (Wildman–Crippen LogP) is 2.18. The minimum absolute atomic E-state index is 0.310. The first-order chi connectivity index (χ1) is 6.33. The topological polar surface area (TPSA) is 12.0 Å². The van der Waals surface area contributed by atoms with Crippen LogP contribution in [-0.4, -0.2) is 12.1 Å². The Labute approximate surface area is 81.3 Å². The third-order valence-electron chi connectivity index (χ3n) is 3.76. The smallest absolute Gasteiger partial charge is 0.0686 e. The highest BCUT2D eigenvalue weighted by Crippen LogP contribution is 2.44. The highest BCUT2D eigenvalue weighted by Gasteiger charge is 2.39. The Morgan fingerprint density at radius 3 is 2.77 bits per heavy atom. The predicted molar refractivity (Wildman–Crippen MR) is 55.3 cm³/mol. The van der Waals surface area contributed by atoms with E-state index in [0.29, 0.717) is 6.04 Å². The summed E-state index contributed by atoms with van der Waals surface area (Å²) >= 11 is 0. The molecule has 2 rings (SSSR count). The van der Waals surface area contributed by atoms with Crippen molar-refractivity contribution in [3.8, 4) is 12.3 Å². The lowest BCUT2D eigenvalue weighted by Gasteiger charge is -2.25. The van der Waals surface area contributed by atoms with Gasteiger partial charge in [0.1, 0.15) is 0 Å². The largest absolute Gasteiger partial charge is 0.301 e. The highest BCUT2D eigenvalue weighted by atomic mass is 15.0. The maximum atomic E-state index is 5.45. The summed E-state index contributed by atoms with van der Waals surface area (Å²) < 4.78 is 0. The zero-order valence-corrected chi connectivity index (χ0v) is 8.42. The fraction of sp³-hybridized carbons (Fsp3) is 0.833. The molecule has 0 aliphatic heterocycles. The first-order valence-electron chi connectivity index (χ1n) is 5.55. The van der Waals surface area contributed by atoms with E-state index in [1.54, 1.807) is 0 Å². The van der Waals surface area contributed by atoms with E-state index in [1.165, 1.54) is 25.7 Å². The van der Waals surface area contributed by atoms with Crippen molar-refractivity contribution < 1.29 is 0 Å². The second kappa shape index (κ2) is 3.72. The van der Waals surface area contributed by atoms with Crippen LogP contribution in [0.3, 0.4) is 0 Å². The molecule has 4 unspecified atom stereocenters. The molecule has 2 aliphatic carbocycles.